The zero-order chi connectivity index (χ0) is 11.7. The molecule has 3 aromatic heterocycles. The first kappa shape index (κ1) is 10.4. The lowest BCUT2D eigenvalue weighted by molar-refractivity contribution is 0.897. The highest BCUT2D eigenvalue weighted by Crippen LogP contribution is 2.12. The Morgan fingerprint density at radius 1 is 1.29 bits per heavy atom. The maximum Gasteiger partial charge on any atom is 0.275 e. The number of nitrogens with zero attached hydrogens (tertiary/aromatic N) is 3. The van der Waals surface area contributed by atoms with Crippen molar-refractivity contribution in [2.24, 2.45) is 0 Å². The van der Waals surface area contributed by atoms with Crippen LogP contribution in [0, 0.1) is 0 Å². The lowest BCUT2D eigenvalue weighted by atomic mass is 10.3. The summed E-state index contributed by atoms with van der Waals surface area (Å²) in [4.78, 5) is 17.7. The highest BCUT2D eigenvalue weighted by atomic mass is 32.1. The van der Waals surface area contributed by atoms with Crippen LogP contribution in [0.2, 0.25) is 0 Å². The van der Waals surface area contributed by atoms with E-state index in [4.69, 9.17) is 0 Å². The Kier molecular flexibility index (Phi) is 2.58. The number of aromatic nitrogens is 3. The van der Waals surface area contributed by atoms with Gasteiger partial charge in [-0.3, -0.25) is 4.79 Å². The van der Waals surface area contributed by atoms with Crippen LogP contribution in [0.25, 0.3) is 17.1 Å². The number of rotatable bonds is 2. The summed E-state index contributed by atoms with van der Waals surface area (Å²) in [5, 5.41) is 5.92. The average molecular weight is 261 g/mol. The fourth-order valence-corrected chi connectivity index (χ4v) is 2.66. The van der Waals surface area contributed by atoms with Gasteiger partial charge in [-0.1, -0.05) is 17.4 Å². The first-order valence-electron chi connectivity index (χ1n) is 4.88. The number of hydrogen-bond acceptors (Lipinski definition) is 5. The van der Waals surface area contributed by atoms with Crippen molar-refractivity contribution in [3.8, 4) is 0 Å². The van der Waals surface area contributed by atoms with Gasteiger partial charge in [0, 0.05) is 10.9 Å². The molecule has 3 rings (SSSR count). The van der Waals surface area contributed by atoms with Gasteiger partial charge in [0.25, 0.3) is 5.56 Å². The largest absolute Gasteiger partial charge is 0.275 e. The summed E-state index contributed by atoms with van der Waals surface area (Å²) in [7, 11) is 0. The zero-order valence-electron chi connectivity index (χ0n) is 8.61. The van der Waals surface area contributed by atoms with Gasteiger partial charge in [0.05, 0.1) is 5.69 Å². The van der Waals surface area contributed by atoms with Gasteiger partial charge in [0.2, 0.25) is 4.96 Å². The minimum absolute atomic E-state index is 0.151. The van der Waals surface area contributed by atoms with Crippen LogP contribution in [0.15, 0.2) is 33.9 Å². The van der Waals surface area contributed by atoms with E-state index >= 15 is 0 Å². The van der Waals surface area contributed by atoms with E-state index in [1.54, 1.807) is 16.8 Å². The molecule has 0 atom stereocenters. The number of thiophene rings is 1. The molecule has 3 heterocycles. The molecule has 0 saturated carbocycles. The highest BCUT2D eigenvalue weighted by Gasteiger charge is 2.01. The van der Waals surface area contributed by atoms with Crippen LogP contribution in [0.5, 0.6) is 0 Å². The van der Waals surface area contributed by atoms with E-state index < -0.39 is 0 Å². The predicted molar refractivity (Wildman–Crippen MR) is 70.4 cm³/mol. The maximum atomic E-state index is 11.7. The second-order valence-corrected chi connectivity index (χ2v) is 5.09. The smallest absolute Gasteiger partial charge is 0.267 e. The van der Waals surface area contributed by atoms with Gasteiger partial charge >= 0.3 is 0 Å². The molecule has 0 amide bonds. The Bertz CT molecular complexity index is 725. The van der Waals surface area contributed by atoms with Crippen molar-refractivity contribution in [3.05, 3.63) is 50.0 Å². The summed E-state index contributed by atoms with van der Waals surface area (Å²) in [6.07, 6.45) is 3.79. The topological polar surface area (TPSA) is 47.3 Å². The Hall–Kier alpha value is -1.79. The van der Waals surface area contributed by atoms with Crippen molar-refractivity contribution in [1.82, 2.24) is 14.6 Å². The quantitative estimate of drug-likeness (QED) is 0.711. The molecule has 0 aliphatic heterocycles. The first-order valence-corrected chi connectivity index (χ1v) is 6.64. The fraction of sp³-hybridized carbons (Fsp3) is 0. The average Bonchev–Trinajstić information content (AvgIpc) is 2.97. The Morgan fingerprint density at radius 3 is 3.06 bits per heavy atom. The van der Waals surface area contributed by atoms with Crippen molar-refractivity contribution in [1.29, 1.82) is 0 Å². The first-order chi connectivity index (χ1) is 8.33. The zero-order valence-corrected chi connectivity index (χ0v) is 10.2. The fourth-order valence-electron chi connectivity index (χ4n) is 1.41. The van der Waals surface area contributed by atoms with E-state index in [0.717, 1.165) is 4.88 Å². The third-order valence-corrected chi connectivity index (χ3v) is 3.68. The molecule has 0 N–H and O–H groups in total. The molecule has 0 aromatic carbocycles. The van der Waals surface area contributed by atoms with Crippen LogP contribution in [-0.2, 0) is 0 Å². The van der Waals surface area contributed by atoms with Crippen molar-refractivity contribution in [3.63, 3.8) is 0 Å². The normalized spacial score (nSPS) is 11.5. The Labute approximate surface area is 105 Å². The molecule has 0 aliphatic rings. The molecule has 0 radical (unpaired) electrons. The molecule has 0 spiro atoms. The molecule has 3 aromatic rings. The molecule has 0 saturated heterocycles. The Balaban J connectivity index is 2.03. The van der Waals surface area contributed by atoms with Gasteiger partial charge in [-0.05, 0) is 23.6 Å². The SMILES string of the molecule is O=c1cc(/C=C/c2cccs2)nc2scnn12. The van der Waals surface area contributed by atoms with E-state index in [2.05, 4.69) is 10.1 Å². The molecule has 4 nitrogen and oxygen atoms in total. The van der Waals surface area contributed by atoms with E-state index in [1.807, 2.05) is 29.7 Å². The lowest BCUT2D eigenvalue weighted by Gasteiger charge is -1.92. The van der Waals surface area contributed by atoms with Crippen LogP contribution < -0.4 is 5.56 Å². The predicted octanol–water partition coefficient (Wildman–Crippen LogP) is 2.38. The third kappa shape index (κ3) is 2.04. The summed E-state index contributed by atoms with van der Waals surface area (Å²) in [5.74, 6) is 0. The summed E-state index contributed by atoms with van der Waals surface area (Å²) >= 11 is 2.99. The van der Waals surface area contributed by atoms with Crippen LogP contribution >= 0.6 is 22.7 Å². The molecule has 0 unspecified atom stereocenters. The van der Waals surface area contributed by atoms with Crippen LogP contribution in [0.3, 0.4) is 0 Å². The van der Waals surface area contributed by atoms with Crippen LogP contribution in [0.4, 0.5) is 0 Å². The maximum absolute atomic E-state index is 11.7. The molecule has 0 aliphatic carbocycles. The van der Waals surface area contributed by atoms with Gasteiger partial charge < -0.3 is 0 Å². The van der Waals surface area contributed by atoms with Gasteiger partial charge in [-0.2, -0.15) is 9.61 Å². The molecule has 0 fully saturated rings. The summed E-state index contributed by atoms with van der Waals surface area (Å²) in [5.41, 5.74) is 2.12. The summed E-state index contributed by atoms with van der Waals surface area (Å²) in [6, 6.07) is 5.48. The third-order valence-electron chi connectivity index (χ3n) is 2.17. The lowest BCUT2D eigenvalue weighted by Crippen LogP contribution is -2.13. The van der Waals surface area contributed by atoms with Crippen LogP contribution in [-0.4, -0.2) is 14.6 Å². The van der Waals surface area contributed by atoms with E-state index in [1.165, 1.54) is 21.9 Å². The molecular formula is C11H7N3OS2. The second-order valence-electron chi connectivity index (χ2n) is 3.30. The number of hydrogen-bond donors (Lipinski definition) is 0. The molecule has 17 heavy (non-hydrogen) atoms. The van der Waals surface area contributed by atoms with Crippen molar-refractivity contribution >= 4 is 39.8 Å². The Morgan fingerprint density at radius 2 is 2.24 bits per heavy atom. The standard InChI is InChI=1S/C11H7N3OS2/c15-10-6-8(3-4-9-2-1-5-16-9)13-11-14(10)12-7-17-11/h1-7H/b4-3+. The monoisotopic (exact) mass is 261 g/mol. The van der Waals surface area contributed by atoms with Crippen molar-refractivity contribution in [2.75, 3.05) is 0 Å². The number of fused-ring (bicyclic) bond motifs is 1. The minimum atomic E-state index is -0.151. The molecule has 84 valence electrons. The van der Waals surface area contributed by atoms with Crippen molar-refractivity contribution in [2.45, 2.75) is 0 Å². The summed E-state index contributed by atoms with van der Waals surface area (Å²) in [6.45, 7) is 0. The molecule has 0 bridgehead atoms. The van der Waals surface area contributed by atoms with Gasteiger partial charge in [-0.15, -0.1) is 11.3 Å². The van der Waals surface area contributed by atoms with E-state index in [9.17, 15) is 4.79 Å². The van der Waals surface area contributed by atoms with E-state index in [-0.39, 0.29) is 5.56 Å². The minimum Gasteiger partial charge on any atom is -0.267 e. The van der Waals surface area contributed by atoms with Crippen LogP contribution in [0.1, 0.15) is 10.6 Å². The van der Waals surface area contributed by atoms with Gasteiger partial charge in [0.1, 0.15) is 5.51 Å². The van der Waals surface area contributed by atoms with E-state index in [0.29, 0.717) is 10.7 Å². The van der Waals surface area contributed by atoms with Gasteiger partial charge in [0.15, 0.2) is 0 Å². The second kappa shape index (κ2) is 4.23. The van der Waals surface area contributed by atoms with Crippen molar-refractivity contribution < 1.29 is 0 Å². The molecule has 6 heteroatoms. The molecular weight excluding hydrogens is 254 g/mol. The van der Waals surface area contributed by atoms with Gasteiger partial charge in [-0.25, -0.2) is 4.98 Å². The summed E-state index contributed by atoms with van der Waals surface area (Å²) < 4.78 is 1.30. The highest BCUT2D eigenvalue weighted by molar-refractivity contribution is 7.14.